The molecule has 0 heterocycles. The molecule has 1 aliphatic carbocycles. The van der Waals surface area contributed by atoms with Crippen molar-refractivity contribution in [1.82, 2.24) is 0 Å². The van der Waals surface area contributed by atoms with E-state index in [0.717, 1.165) is 17.7 Å². The summed E-state index contributed by atoms with van der Waals surface area (Å²) in [5.41, 5.74) is 10.7. The lowest BCUT2D eigenvalue weighted by atomic mass is 9.97. The normalized spacial score (nSPS) is 15.9. The van der Waals surface area contributed by atoms with Gasteiger partial charge in [0.2, 0.25) is 0 Å². The van der Waals surface area contributed by atoms with E-state index in [1.807, 2.05) is 13.1 Å². The molecule has 3 N–H and O–H groups in total. The van der Waals surface area contributed by atoms with Gasteiger partial charge < -0.3 is 11.1 Å². The fraction of sp³-hybridized carbons (Fsp3) is 0.357. The van der Waals surface area contributed by atoms with Gasteiger partial charge in [-0.05, 0) is 36.5 Å². The number of allylic oxidation sites excluding steroid dienone is 2. The molecule has 0 bridgehead atoms. The van der Waals surface area contributed by atoms with Crippen molar-refractivity contribution in [2.75, 3.05) is 19.4 Å². The topological polar surface area (TPSA) is 50.4 Å². The van der Waals surface area contributed by atoms with E-state index in [9.17, 15) is 0 Å². The molecule has 0 unspecified atom stereocenters. The molecule has 90 valence electrons. The smallest absolute Gasteiger partial charge is 0.128 e. The molecule has 0 fully saturated rings. The van der Waals surface area contributed by atoms with E-state index >= 15 is 0 Å². The lowest BCUT2D eigenvalue weighted by Gasteiger charge is -2.14. The molecule has 2 rings (SSSR count). The Morgan fingerprint density at radius 1 is 1.41 bits per heavy atom. The van der Waals surface area contributed by atoms with Gasteiger partial charge in [-0.2, -0.15) is 0 Å². The summed E-state index contributed by atoms with van der Waals surface area (Å²) >= 11 is 0. The number of hydrogen-bond acceptors (Lipinski definition) is 2. The van der Waals surface area contributed by atoms with Gasteiger partial charge >= 0.3 is 0 Å². The van der Waals surface area contributed by atoms with E-state index in [2.05, 4.69) is 28.5 Å². The van der Waals surface area contributed by atoms with Crippen LogP contribution >= 0.6 is 0 Å². The van der Waals surface area contributed by atoms with Crippen LogP contribution in [0, 0.1) is 0 Å². The summed E-state index contributed by atoms with van der Waals surface area (Å²) in [6, 6.07) is 6.23. The molecule has 0 aliphatic heterocycles. The zero-order valence-electron chi connectivity index (χ0n) is 10.5. The van der Waals surface area contributed by atoms with Gasteiger partial charge in [-0.25, -0.2) is 0 Å². The molecule has 0 saturated heterocycles. The van der Waals surface area contributed by atoms with Crippen molar-refractivity contribution < 1.29 is 0 Å². The van der Waals surface area contributed by atoms with Crippen LogP contribution in [0.5, 0.6) is 0 Å². The average Bonchev–Trinajstić information content (AvgIpc) is 2.90. The summed E-state index contributed by atoms with van der Waals surface area (Å²) in [6.45, 7) is 0. The first-order valence-corrected chi connectivity index (χ1v) is 6.00. The minimum Gasteiger partial charge on any atom is -0.388 e. The van der Waals surface area contributed by atoms with Gasteiger partial charge in [-0.1, -0.05) is 18.2 Å². The molecule has 0 radical (unpaired) electrons. The van der Waals surface area contributed by atoms with Crippen LogP contribution < -0.4 is 11.1 Å². The Bertz CT molecular complexity index is 472. The number of benzene rings is 1. The van der Waals surface area contributed by atoms with Crippen LogP contribution in [0.25, 0.3) is 5.57 Å². The van der Waals surface area contributed by atoms with E-state index in [-0.39, 0.29) is 0 Å². The van der Waals surface area contributed by atoms with Crippen LogP contribution in [-0.2, 0) is 0 Å². The first kappa shape index (κ1) is 11.7. The molecule has 1 aromatic rings. The van der Waals surface area contributed by atoms with Gasteiger partial charge in [0.05, 0.1) is 0 Å². The third-order valence-corrected chi connectivity index (χ3v) is 3.22. The molecular formula is C14H19N3. The molecule has 3 nitrogen and oxygen atoms in total. The highest BCUT2D eigenvalue weighted by molar-refractivity contribution is 6.06. The Labute approximate surface area is 102 Å². The second-order valence-corrected chi connectivity index (χ2v) is 4.21. The Kier molecular flexibility index (Phi) is 3.47. The van der Waals surface area contributed by atoms with E-state index in [0.29, 0.717) is 5.84 Å². The third kappa shape index (κ3) is 2.18. The van der Waals surface area contributed by atoms with Crippen LogP contribution in [0.1, 0.15) is 30.4 Å². The maximum Gasteiger partial charge on any atom is 0.128 e. The summed E-state index contributed by atoms with van der Waals surface area (Å²) in [5, 5.41) is 3.19. The molecule has 1 aliphatic rings. The van der Waals surface area contributed by atoms with Crippen molar-refractivity contribution in [3.63, 3.8) is 0 Å². The van der Waals surface area contributed by atoms with Crippen LogP contribution in [0.3, 0.4) is 0 Å². The average molecular weight is 229 g/mol. The maximum absolute atomic E-state index is 6.02. The molecule has 1 aromatic carbocycles. The molecule has 0 aromatic heterocycles. The zero-order chi connectivity index (χ0) is 12.3. The highest BCUT2D eigenvalue weighted by Gasteiger charge is 2.16. The SMILES string of the molecule is C/N=C(/N)c1c(NC)cccc1C1=CCCC1. The van der Waals surface area contributed by atoms with Crippen molar-refractivity contribution in [2.45, 2.75) is 19.3 Å². The van der Waals surface area contributed by atoms with E-state index < -0.39 is 0 Å². The van der Waals surface area contributed by atoms with E-state index in [1.165, 1.54) is 24.0 Å². The van der Waals surface area contributed by atoms with E-state index in [4.69, 9.17) is 5.73 Å². The van der Waals surface area contributed by atoms with Gasteiger partial charge in [-0.15, -0.1) is 0 Å². The van der Waals surface area contributed by atoms with Gasteiger partial charge in [-0.3, -0.25) is 4.99 Å². The lowest BCUT2D eigenvalue weighted by Crippen LogP contribution is -2.17. The number of amidine groups is 1. The quantitative estimate of drug-likeness (QED) is 0.618. The summed E-state index contributed by atoms with van der Waals surface area (Å²) in [7, 11) is 3.64. The molecule has 0 spiro atoms. The van der Waals surface area contributed by atoms with Gasteiger partial charge in [0.1, 0.15) is 5.84 Å². The van der Waals surface area contributed by atoms with Crippen molar-refractivity contribution in [3.05, 3.63) is 35.4 Å². The van der Waals surface area contributed by atoms with Crippen molar-refractivity contribution >= 4 is 17.1 Å². The monoisotopic (exact) mass is 229 g/mol. The Morgan fingerprint density at radius 2 is 2.24 bits per heavy atom. The third-order valence-electron chi connectivity index (χ3n) is 3.22. The standard InChI is InChI=1S/C14H19N3/c1-16-12-9-5-8-11(10-6-3-4-7-10)13(12)14(15)17-2/h5-6,8-9,16H,3-4,7H2,1-2H3,(H2,15,17). The zero-order valence-corrected chi connectivity index (χ0v) is 10.5. The second-order valence-electron chi connectivity index (χ2n) is 4.21. The predicted octanol–water partition coefficient (Wildman–Crippen LogP) is 2.63. The predicted molar refractivity (Wildman–Crippen MR) is 74.5 cm³/mol. The Balaban J connectivity index is 2.58. The van der Waals surface area contributed by atoms with Crippen LogP contribution in [-0.4, -0.2) is 19.9 Å². The minimum absolute atomic E-state index is 0.595. The fourth-order valence-electron chi connectivity index (χ4n) is 2.33. The summed E-state index contributed by atoms with van der Waals surface area (Å²) < 4.78 is 0. The Hall–Kier alpha value is -1.77. The molecule has 3 heteroatoms. The van der Waals surface area contributed by atoms with Crippen molar-refractivity contribution in [1.29, 1.82) is 0 Å². The number of aliphatic imine (C=N–C) groups is 1. The van der Waals surface area contributed by atoms with Gasteiger partial charge in [0.15, 0.2) is 0 Å². The number of rotatable bonds is 3. The Morgan fingerprint density at radius 3 is 2.82 bits per heavy atom. The minimum atomic E-state index is 0.595. The number of anilines is 1. The molecule has 0 amide bonds. The van der Waals surface area contributed by atoms with Crippen molar-refractivity contribution in [2.24, 2.45) is 10.7 Å². The summed E-state index contributed by atoms with van der Waals surface area (Å²) in [4.78, 5) is 4.13. The molecule has 17 heavy (non-hydrogen) atoms. The number of nitrogens with one attached hydrogen (secondary N) is 1. The van der Waals surface area contributed by atoms with Crippen molar-refractivity contribution in [3.8, 4) is 0 Å². The first-order chi connectivity index (χ1) is 8.27. The number of nitrogens with two attached hydrogens (primary N) is 1. The summed E-state index contributed by atoms with van der Waals surface area (Å²) in [6.07, 6.45) is 5.85. The van der Waals surface area contributed by atoms with Gasteiger partial charge in [0.25, 0.3) is 0 Å². The first-order valence-electron chi connectivity index (χ1n) is 6.00. The molecular weight excluding hydrogens is 210 g/mol. The lowest BCUT2D eigenvalue weighted by molar-refractivity contribution is 0.935. The van der Waals surface area contributed by atoms with E-state index in [1.54, 1.807) is 7.05 Å². The van der Waals surface area contributed by atoms with Gasteiger partial charge in [0, 0.05) is 25.3 Å². The second kappa shape index (κ2) is 5.04. The maximum atomic E-state index is 6.02. The highest BCUT2D eigenvalue weighted by Crippen LogP contribution is 2.32. The molecule has 0 atom stereocenters. The highest BCUT2D eigenvalue weighted by atomic mass is 14.9. The molecule has 0 saturated carbocycles. The van der Waals surface area contributed by atoms with Crippen LogP contribution in [0.4, 0.5) is 5.69 Å². The van der Waals surface area contributed by atoms with Crippen LogP contribution in [0.2, 0.25) is 0 Å². The summed E-state index contributed by atoms with van der Waals surface area (Å²) in [5.74, 6) is 0.595. The largest absolute Gasteiger partial charge is 0.388 e. The fourth-order valence-corrected chi connectivity index (χ4v) is 2.33. The van der Waals surface area contributed by atoms with Crippen LogP contribution in [0.15, 0.2) is 29.3 Å². The number of hydrogen-bond donors (Lipinski definition) is 2. The number of nitrogens with zero attached hydrogens (tertiary/aromatic N) is 1.